The largest absolute Gasteiger partial charge is 0.463 e. The molecule has 2 heterocycles. The summed E-state index contributed by atoms with van der Waals surface area (Å²) in [6.45, 7) is 5.61. The van der Waals surface area contributed by atoms with Gasteiger partial charge in [-0.1, -0.05) is 53.3 Å². The molecule has 1 aromatic heterocycles. The molecule has 8 nitrogen and oxygen atoms in total. The number of carbonyl (C=O) groups is 1. The van der Waals surface area contributed by atoms with Crippen molar-refractivity contribution in [1.29, 1.82) is 0 Å². The van der Waals surface area contributed by atoms with Gasteiger partial charge in [0.25, 0.3) is 11.2 Å². The fraction of sp³-hybridized carbons (Fsp3) is 0.208. The highest BCUT2D eigenvalue weighted by molar-refractivity contribution is 7.07. The molecule has 33 heavy (non-hydrogen) atoms. The van der Waals surface area contributed by atoms with E-state index in [0.717, 1.165) is 11.1 Å². The van der Waals surface area contributed by atoms with Crippen molar-refractivity contribution in [2.45, 2.75) is 26.8 Å². The second-order valence-corrected chi connectivity index (χ2v) is 8.57. The van der Waals surface area contributed by atoms with Gasteiger partial charge in [-0.15, -0.1) is 0 Å². The van der Waals surface area contributed by atoms with Gasteiger partial charge in [-0.05, 0) is 38.0 Å². The number of aromatic nitrogens is 1. The van der Waals surface area contributed by atoms with Crippen molar-refractivity contribution >= 4 is 29.1 Å². The minimum atomic E-state index is -0.687. The van der Waals surface area contributed by atoms with Crippen molar-refractivity contribution in [2.24, 2.45) is 4.99 Å². The molecule has 0 saturated heterocycles. The third-order valence-electron chi connectivity index (χ3n) is 5.29. The number of fused-ring (bicyclic) bond motifs is 1. The molecule has 9 heteroatoms. The second-order valence-electron chi connectivity index (χ2n) is 7.57. The molecular weight excluding hydrogens is 442 g/mol. The van der Waals surface area contributed by atoms with Gasteiger partial charge in [-0.25, -0.2) is 9.79 Å². The number of rotatable bonds is 5. The fourth-order valence-corrected chi connectivity index (χ4v) is 4.78. The van der Waals surface area contributed by atoms with Crippen LogP contribution in [-0.2, 0) is 9.53 Å². The minimum Gasteiger partial charge on any atom is -0.463 e. The standard InChI is InChI=1S/C24H21N3O5S/c1-4-32-23(29)20-15(3)25-24-26(21(20)17-10-8-14(2)9-11-17)22(28)19(33-24)13-16-6-5-7-18(12-16)27(30)31/h5-13,21H,4H2,1-3H3. The first-order chi connectivity index (χ1) is 15.8. The Hall–Kier alpha value is -3.85. The first-order valence-corrected chi connectivity index (χ1v) is 11.1. The summed E-state index contributed by atoms with van der Waals surface area (Å²) in [5.41, 5.74) is 2.76. The van der Waals surface area contributed by atoms with E-state index in [1.54, 1.807) is 32.1 Å². The van der Waals surface area contributed by atoms with Gasteiger partial charge in [-0.3, -0.25) is 19.5 Å². The molecule has 2 aromatic carbocycles. The number of benzene rings is 2. The summed E-state index contributed by atoms with van der Waals surface area (Å²) in [5.74, 6) is -0.516. The number of allylic oxidation sites excluding steroid dienone is 1. The van der Waals surface area contributed by atoms with Gasteiger partial charge in [0.15, 0.2) is 4.80 Å². The van der Waals surface area contributed by atoms with E-state index < -0.39 is 16.9 Å². The van der Waals surface area contributed by atoms with Crippen molar-refractivity contribution in [2.75, 3.05) is 6.61 Å². The monoisotopic (exact) mass is 463 g/mol. The molecular formula is C24H21N3O5S. The lowest BCUT2D eigenvalue weighted by Gasteiger charge is -2.24. The summed E-state index contributed by atoms with van der Waals surface area (Å²) >= 11 is 1.18. The number of nitro benzene ring substituents is 1. The predicted octanol–water partition coefficient (Wildman–Crippen LogP) is 3.01. The zero-order valence-electron chi connectivity index (χ0n) is 18.3. The Morgan fingerprint density at radius 3 is 2.64 bits per heavy atom. The highest BCUT2D eigenvalue weighted by Gasteiger charge is 2.33. The molecule has 0 saturated carbocycles. The molecule has 1 atom stereocenters. The Bertz CT molecular complexity index is 1460. The number of non-ortho nitro benzene ring substituents is 1. The number of nitrogens with zero attached hydrogens (tertiary/aromatic N) is 3. The van der Waals surface area contributed by atoms with E-state index in [2.05, 4.69) is 4.99 Å². The average molecular weight is 464 g/mol. The number of hydrogen-bond acceptors (Lipinski definition) is 7. The molecule has 0 spiro atoms. The number of esters is 1. The number of nitro groups is 1. The van der Waals surface area contributed by atoms with Gasteiger partial charge in [0.1, 0.15) is 0 Å². The van der Waals surface area contributed by atoms with E-state index in [1.807, 2.05) is 31.2 Å². The zero-order valence-corrected chi connectivity index (χ0v) is 19.1. The molecule has 168 valence electrons. The molecule has 0 aliphatic carbocycles. The third kappa shape index (κ3) is 4.27. The highest BCUT2D eigenvalue weighted by atomic mass is 32.1. The number of aryl methyl sites for hydroxylation is 1. The number of ether oxygens (including phenoxy) is 1. The molecule has 0 N–H and O–H groups in total. The van der Waals surface area contributed by atoms with E-state index in [1.165, 1.54) is 28.0 Å². The molecule has 0 radical (unpaired) electrons. The van der Waals surface area contributed by atoms with Crippen molar-refractivity contribution in [3.63, 3.8) is 0 Å². The van der Waals surface area contributed by atoms with Crippen LogP contribution in [0.3, 0.4) is 0 Å². The van der Waals surface area contributed by atoms with Gasteiger partial charge in [0, 0.05) is 12.1 Å². The molecule has 0 bridgehead atoms. The summed E-state index contributed by atoms with van der Waals surface area (Å²) in [4.78, 5) is 42.0. The van der Waals surface area contributed by atoms with Gasteiger partial charge >= 0.3 is 5.97 Å². The van der Waals surface area contributed by atoms with Crippen LogP contribution in [0.4, 0.5) is 5.69 Å². The Morgan fingerprint density at radius 1 is 1.24 bits per heavy atom. The summed E-state index contributed by atoms with van der Waals surface area (Å²) in [6.07, 6.45) is 1.60. The maximum Gasteiger partial charge on any atom is 0.338 e. The molecule has 0 fully saturated rings. The summed E-state index contributed by atoms with van der Waals surface area (Å²) in [6, 6.07) is 13.0. The summed E-state index contributed by atoms with van der Waals surface area (Å²) < 4.78 is 7.14. The lowest BCUT2D eigenvalue weighted by atomic mass is 9.95. The minimum absolute atomic E-state index is 0.0606. The number of hydrogen-bond donors (Lipinski definition) is 0. The molecule has 1 aliphatic rings. The van der Waals surface area contributed by atoms with Crippen LogP contribution in [0, 0.1) is 17.0 Å². The maximum atomic E-state index is 13.5. The Kier molecular flexibility index (Phi) is 6.06. The topological polar surface area (TPSA) is 104 Å². The van der Waals surface area contributed by atoms with E-state index >= 15 is 0 Å². The van der Waals surface area contributed by atoms with Crippen LogP contribution in [0.2, 0.25) is 0 Å². The van der Waals surface area contributed by atoms with E-state index in [-0.39, 0.29) is 17.9 Å². The Labute approximate surface area is 192 Å². The van der Waals surface area contributed by atoms with Crippen molar-refractivity contribution in [3.8, 4) is 0 Å². The van der Waals surface area contributed by atoms with Crippen LogP contribution >= 0.6 is 11.3 Å². The van der Waals surface area contributed by atoms with Crippen LogP contribution in [0.5, 0.6) is 0 Å². The summed E-state index contributed by atoms with van der Waals surface area (Å²) in [5, 5.41) is 11.1. The van der Waals surface area contributed by atoms with Crippen molar-refractivity contribution < 1.29 is 14.5 Å². The Balaban J connectivity index is 1.94. The van der Waals surface area contributed by atoms with E-state index in [9.17, 15) is 19.7 Å². The fourth-order valence-electron chi connectivity index (χ4n) is 3.74. The lowest BCUT2D eigenvalue weighted by Crippen LogP contribution is -2.39. The van der Waals surface area contributed by atoms with Gasteiger partial charge in [0.2, 0.25) is 0 Å². The summed E-state index contributed by atoms with van der Waals surface area (Å²) in [7, 11) is 0. The van der Waals surface area contributed by atoms with Crippen LogP contribution < -0.4 is 14.9 Å². The zero-order chi connectivity index (χ0) is 23.7. The molecule has 3 aromatic rings. The van der Waals surface area contributed by atoms with Crippen LogP contribution in [0.25, 0.3) is 6.08 Å². The van der Waals surface area contributed by atoms with E-state index in [0.29, 0.717) is 26.2 Å². The second kappa shape index (κ2) is 8.95. The third-order valence-corrected chi connectivity index (χ3v) is 6.27. The molecule has 1 aliphatic heterocycles. The van der Waals surface area contributed by atoms with Crippen LogP contribution in [0.15, 0.2) is 69.6 Å². The highest BCUT2D eigenvalue weighted by Crippen LogP contribution is 2.30. The normalized spacial score (nSPS) is 15.7. The Morgan fingerprint density at radius 2 is 1.97 bits per heavy atom. The predicted molar refractivity (Wildman–Crippen MR) is 125 cm³/mol. The van der Waals surface area contributed by atoms with Crippen LogP contribution in [-0.4, -0.2) is 22.1 Å². The number of thiazole rings is 1. The quantitative estimate of drug-likeness (QED) is 0.329. The molecule has 0 amide bonds. The van der Waals surface area contributed by atoms with Gasteiger partial charge < -0.3 is 4.74 Å². The SMILES string of the molecule is CCOC(=O)C1=C(C)N=c2sc(=Cc3cccc([N+](=O)[O-])c3)c(=O)n2C1c1ccc(C)cc1. The smallest absolute Gasteiger partial charge is 0.338 e. The van der Waals surface area contributed by atoms with E-state index in [4.69, 9.17) is 4.74 Å². The maximum absolute atomic E-state index is 13.5. The first-order valence-electron chi connectivity index (χ1n) is 10.3. The van der Waals surface area contributed by atoms with Gasteiger partial charge in [0.05, 0.1) is 33.4 Å². The molecule has 1 unspecified atom stereocenters. The first kappa shape index (κ1) is 22.3. The van der Waals surface area contributed by atoms with Gasteiger partial charge in [-0.2, -0.15) is 0 Å². The molecule has 4 rings (SSSR count). The van der Waals surface area contributed by atoms with Crippen molar-refractivity contribution in [3.05, 3.63) is 106 Å². The van der Waals surface area contributed by atoms with Crippen LogP contribution in [0.1, 0.15) is 36.6 Å². The van der Waals surface area contributed by atoms with Crippen molar-refractivity contribution in [1.82, 2.24) is 4.57 Å². The number of carbonyl (C=O) groups excluding carboxylic acids is 1. The average Bonchev–Trinajstić information content (AvgIpc) is 3.08. The lowest BCUT2D eigenvalue weighted by molar-refractivity contribution is -0.384.